The number of rotatable bonds is 7. The Hall–Kier alpha value is -3.42. The molecule has 0 aliphatic rings. The number of aromatic hydroxyl groups is 1. The van der Waals surface area contributed by atoms with Crippen LogP contribution in [0, 0.1) is 10.1 Å². The van der Waals surface area contributed by atoms with Crippen LogP contribution in [0.1, 0.15) is 18.1 Å². The van der Waals surface area contributed by atoms with Gasteiger partial charge in [-0.15, -0.1) is 0 Å². The van der Waals surface area contributed by atoms with Gasteiger partial charge in [-0.1, -0.05) is 30.3 Å². The number of nitrogens with zero attached hydrogens (tertiary/aromatic N) is 2. The molecule has 0 aromatic heterocycles. The lowest BCUT2D eigenvalue weighted by Gasteiger charge is -2.08. The summed E-state index contributed by atoms with van der Waals surface area (Å²) in [6.45, 7) is 1.93. The van der Waals surface area contributed by atoms with Gasteiger partial charge in [-0.2, -0.15) is 5.10 Å². The van der Waals surface area contributed by atoms with Crippen molar-refractivity contribution in [2.45, 2.75) is 13.3 Å². The van der Waals surface area contributed by atoms with Crippen molar-refractivity contribution in [3.8, 4) is 11.5 Å². The first-order valence-corrected chi connectivity index (χ1v) is 7.51. The van der Waals surface area contributed by atoms with Crippen LogP contribution in [0.25, 0.3) is 0 Å². The number of phenols is 1. The molecule has 130 valence electrons. The Morgan fingerprint density at radius 1 is 1.36 bits per heavy atom. The molecule has 2 aromatic carbocycles. The minimum absolute atomic E-state index is 0.0197. The van der Waals surface area contributed by atoms with Crippen LogP contribution in [-0.4, -0.2) is 28.8 Å². The molecule has 2 aromatic rings. The minimum atomic E-state index is -0.604. The number of nitrogens with one attached hydrogen (secondary N) is 1. The third-order valence-corrected chi connectivity index (χ3v) is 3.20. The highest BCUT2D eigenvalue weighted by molar-refractivity contribution is 5.87. The zero-order valence-corrected chi connectivity index (χ0v) is 13.5. The number of hydrogen-bond donors (Lipinski definition) is 2. The van der Waals surface area contributed by atoms with Crippen molar-refractivity contribution in [2.24, 2.45) is 5.10 Å². The van der Waals surface area contributed by atoms with Gasteiger partial charge in [0.25, 0.3) is 5.69 Å². The van der Waals surface area contributed by atoms with E-state index in [-0.39, 0.29) is 41.7 Å². The fourth-order valence-corrected chi connectivity index (χ4v) is 2.08. The van der Waals surface area contributed by atoms with Gasteiger partial charge in [-0.3, -0.25) is 14.9 Å². The SMILES string of the molecule is CCOc1cc([N+](=O)[O-])cc(/C=N/NC(=O)Cc2ccccc2)c1O. The van der Waals surface area contributed by atoms with E-state index in [9.17, 15) is 20.0 Å². The van der Waals surface area contributed by atoms with E-state index in [0.29, 0.717) is 0 Å². The minimum Gasteiger partial charge on any atom is -0.504 e. The molecule has 0 unspecified atom stereocenters. The standard InChI is InChI=1S/C17H17N3O5/c1-2-25-15-10-14(20(23)24)9-13(17(15)22)11-18-19-16(21)8-12-6-4-3-5-7-12/h3-7,9-11,22H,2,8H2,1H3,(H,19,21)/b18-11+. The number of hydrazone groups is 1. The predicted molar refractivity (Wildman–Crippen MR) is 91.8 cm³/mol. The molecule has 8 heteroatoms. The van der Waals surface area contributed by atoms with E-state index in [1.807, 2.05) is 30.3 Å². The maximum absolute atomic E-state index is 11.8. The van der Waals surface area contributed by atoms with Crippen LogP contribution in [0.5, 0.6) is 11.5 Å². The monoisotopic (exact) mass is 343 g/mol. The smallest absolute Gasteiger partial charge is 0.274 e. The number of carbonyl (C=O) groups excluding carboxylic acids is 1. The normalized spacial score (nSPS) is 10.6. The van der Waals surface area contributed by atoms with E-state index in [2.05, 4.69) is 10.5 Å². The first-order chi connectivity index (χ1) is 12.0. The van der Waals surface area contributed by atoms with Crippen molar-refractivity contribution in [3.63, 3.8) is 0 Å². The molecule has 0 saturated carbocycles. The zero-order chi connectivity index (χ0) is 18.2. The summed E-state index contributed by atoms with van der Waals surface area (Å²) in [6.07, 6.45) is 1.27. The van der Waals surface area contributed by atoms with Crippen molar-refractivity contribution in [1.82, 2.24) is 5.43 Å². The van der Waals surface area contributed by atoms with Crippen LogP contribution in [0.3, 0.4) is 0 Å². The van der Waals surface area contributed by atoms with Gasteiger partial charge in [0.15, 0.2) is 11.5 Å². The fourth-order valence-electron chi connectivity index (χ4n) is 2.08. The summed E-state index contributed by atoms with van der Waals surface area (Å²) in [4.78, 5) is 22.2. The Balaban J connectivity index is 2.11. The van der Waals surface area contributed by atoms with E-state index in [1.165, 1.54) is 0 Å². The third-order valence-electron chi connectivity index (χ3n) is 3.20. The van der Waals surface area contributed by atoms with Gasteiger partial charge in [-0.25, -0.2) is 5.43 Å². The molecule has 2 rings (SSSR count). The van der Waals surface area contributed by atoms with Gasteiger partial charge in [0.2, 0.25) is 5.91 Å². The van der Waals surface area contributed by atoms with Crippen LogP contribution in [-0.2, 0) is 11.2 Å². The lowest BCUT2D eigenvalue weighted by molar-refractivity contribution is -0.385. The Kier molecular flexibility index (Phi) is 6.05. The quantitative estimate of drug-likeness (QED) is 0.455. The lowest BCUT2D eigenvalue weighted by Crippen LogP contribution is -2.19. The summed E-state index contributed by atoms with van der Waals surface area (Å²) in [5.41, 5.74) is 2.96. The van der Waals surface area contributed by atoms with Crippen molar-refractivity contribution in [3.05, 3.63) is 63.7 Å². The predicted octanol–water partition coefficient (Wildman–Crippen LogP) is 2.39. The molecule has 0 bridgehead atoms. The van der Waals surface area contributed by atoms with E-state index < -0.39 is 4.92 Å². The Morgan fingerprint density at radius 3 is 2.72 bits per heavy atom. The lowest BCUT2D eigenvalue weighted by atomic mass is 10.1. The summed E-state index contributed by atoms with van der Waals surface area (Å²) in [5, 5.41) is 24.8. The van der Waals surface area contributed by atoms with Crippen molar-refractivity contribution >= 4 is 17.8 Å². The summed E-state index contributed by atoms with van der Waals surface area (Å²) >= 11 is 0. The topological polar surface area (TPSA) is 114 Å². The van der Waals surface area contributed by atoms with Crippen LogP contribution in [0.15, 0.2) is 47.6 Å². The number of non-ortho nitro benzene ring substituents is 1. The number of nitro benzene ring substituents is 1. The van der Waals surface area contributed by atoms with Crippen LogP contribution in [0.2, 0.25) is 0 Å². The second-order valence-corrected chi connectivity index (χ2v) is 5.03. The Labute approximate surface area is 143 Å². The Bertz CT molecular complexity index is 790. The summed E-state index contributed by atoms with van der Waals surface area (Å²) < 4.78 is 5.17. The van der Waals surface area contributed by atoms with E-state index in [1.54, 1.807) is 6.92 Å². The van der Waals surface area contributed by atoms with Crippen molar-refractivity contribution in [1.29, 1.82) is 0 Å². The maximum atomic E-state index is 11.8. The summed E-state index contributed by atoms with van der Waals surface area (Å²) in [7, 11) is 0. The van der Waals surface area contributed by atoms with Crippen molar-refractivity contribution in [2.75, 3.05) is 6.61 Å². The molecule has 25 heavy (non-hydrogen) atoms. The first-order valence-electron chi connectivity index (χ1n) is 7.51. The number of nitro groups is 1. The van der Waals surface area contributed by atoms with Gasteiger partial charge in [0.05, 0.1) is 30.2 Å². The van der Waals surface area contributed by atoms with Crippen LogP contribution >= 0.6 is 0 Å². The van der Waals surface area contributed by atoms with E-state index in [0.717, 1.165) is 23.9 Å². The molecule has 0 atom stereocenters. The largest absolute Gasteiger partial charge is 0.504 e. The second kappa shape index (κ2) is 8.44. The molecule has 0 aliphatic heterocycles. The number of hydrogen-bond acceptors (Lipinski definition) is 6. The van der Waals surface area contributed by atoms with Gasteiger partial charge >= 0.3 is 0 Å². The Morgan fingerprint density at radius 2 is 2.08 bits per heavy atom. The highest BCUT2D eigenvalue weighted by Gasteiger charge is 2.16. The molecular weight excluding hydrogens is 326 g/mol. The molecular formula is C17H17N3O5. The highest BCUT2D eigenvalue weighted by atomic mass is 16.6. The first kappa shape index (κ1) is 17.9. The second-order valence-electron chi connectivity index (χ2n) is 5.03. The van der Waals surface area contributed by atoms with Crippen LogP contribution in [0.4, 0.5) is 5.69 Å². The van der Waals surface area contributed by atoms with E-state index >= 15 is 0 Å². The molecule has 0 heterocycles. The molecule has 0 saturated heterocycles. The van der Waals surface area contributed by atoms with Crippen molar-refractivity contribution < 1.29 is 19.6 Å². The molecule has 0 radical (unpaired) electrons. The molecule has 2 N–H and O–H groups in total. The number of phenolic OH excluding ortho intramolecular Hbond substituents is 1. The number of amides is 1. The number of benzene rings is 2. The average molecular weight is 343 g/mol. The molecule has 0 spiro atoms. The average Bonchev–Trinajstić information content (AvgIpc) is 2.58. The van der Waals surface area contributed by atoms with Gasteiger partial charge in [-0.05, 0) is 12.5 Å². The molecule has 0 fully saturated rings. The summed E-state index contributed by atoms with van der Waals surface area (Å²) in [5.74, 6) is -0.653. The van der Waals surface area contributed by atoms with Crippen LogP contribution < -0.4 is 10.2 Å². The molecule has 8 nitrogen and oxygen atoms in total. The van der Waals surface area contributed by atoms with Gasteiger partial charge < -0.3 is 9.84 Å². The maximum Gasteiger partial charge on any atom is 0.274 e. The zero-order valence-electron chi connectivity index (χ0n) is 13.5. The number of carbonyl (C=O) groups is 1. The fraction of sp³-hybridized carbons (Fsp3) is 0.176. The third kappa shape index (κ3) is 5.03. The molecule has 0 aliphatic carbocycles. The number of ether oxygens (including phenoxy) is 1. The van der Waals surface area contributed by atoms with E-state index in [4.69, 9.17) is 4.74 Å². The highest BCUT2D eigenvalue weighted by Crippen LogP contribution is 2.33. The molecule has 1 amide bonds. The van der Waals surface area contributed by atoms with Gasteiger partial charge in [0, 0.05) is 11.6 Å². The van der Waals surface area contributed by atoms with Gasteiger partial charge in [0.1, 0.15) is 0 Å². The summed E-state index contributed by atoms with van der Waals surface area (Å²) in [6, 6.07) is 11.4.